The van der Waals surface area contributed by atoms with Crippen molar-refractivity contribution < 1.29 is 14.3 Å². The van der Waals surface area contributed by atoms with Gasteiger partial charge in [-0.1, -0.05) is 18.2 Å². The first-order valence-corrected chi connectivity index (χ1v) is 6.08. The summed E-state index contributed by atoms with van der Waals surface area (Å²) in [5.41, 5.74) is 2.21. The molecule has 100 valence electrons. The van der Waals surface area contributed by atoms with Gasteiger partial charge in [-0.05, 0) is 29.8 Å². The Bertz CT molecular complexity index is 795. The van der Waals surface area contributed by atoms with Gasteiger partial charge >= 0.3 is 5.97 Å². The second-order valence-corrected chi connectivity index (χ2v) is 4.48. The number of hydrogen-bond donors (Lipinski definition) is 1. The zero-order chi connectivity index (χ0) is 14.1. The van der Waals surface area contributed by atoms with Crippen LogP contribution in [-0.4, -0.2) is 20.5 Å². The molecule has 0 unspecified atom stereocenters. The number of fused-ring (bicyclic) bond motifs is 1. The maximum absolute atomic E-state index is 13.1. The third-order valence-electron chi connectivity index (χ3n) is 3.04. The zero-order valence-corrected chi connectivity index (χ0v) is 10.5. The fraction of sp³-hybridized carbons (Fsp3) is 0.0667. The molecule has 0 fully saturated rings. The first kappa shape index (κ1) is 12.3. The molecule has 20 heavy (non-hydrogen) atoms. The number of pyridine rings is 1. The summed E-state index contributed by atoms with van der Waals surface area (Å²) in [6, 6.07) is 11.2. The zero-order valence-electron chi connectivity index (χ0n) is 10.5. The summed E-state index contributed by atoms with van der Waals surface area (Å²) in [5, 5.41) is 9.12. The van der Waals surface area contributed by atoms with Crippen LogP contribution in [0.4, 0.5) is 4.39 Å². The van der Waals surface area contributed by atoms with Crippen LogP contribution in [0.2, 0.25) is 0 Å². The highest BCUT2D eigenvalue weighted by atomic mass is 19.1. The van der Waals surface area contributed by atoms with Gasteiger partial charge in [0.05, 0.1) is 5.69 Å². The predicted octanol–water partition coefficient (Wildman–Crippen LogP) is 2.76. The molecule has 1 aromatic carbocycles. The van der Waals surface area contributed by atoms with Gasteiger partial charge in [-0.2, -0.15) is 0 Å². The van der Waals surface area contributed by atoms with E-state index < -0.39 is 5.97 Å². The van der Waals surface area contributed by atoms with Crippen LogP contribution in [0.1, 0.15) is 21.7 Å². The summed E-state index contributed by atoms with van der Waals surface area (Å²) in [6.45, 7) is 0. The van der Waals surface area contributed by atoms with Crippen molar-refractivity contribution >= 4 is 11.6 Å². The van der Waals surface area contributed by atoms with Gasteiger partial charge in [-0.15, -0.1) is 0 Å². The summed E-state index contributed by atoms with van der Waals surface area (Å²) < 4.78 is 14.7. The average Bonchev–Trinajstić information content (AvgIpc) is 2.80. The minimum absolute atomic E-state index is 0.153. The van der Waals surface area contributed by atoms with Crippen molar-refractivity contribution in [1.29, 1.82) is 0 Å². The fourth-order valence-corrected chi connectivity index (χ4v) is 2.18. The van der Waals surface area contributed by atoms with Gasteiger partial charge in [0, 0.05) is 12.6 Å². The highest BCUT2D eigenvalue weighted by molar-refractivity contribution is 5.86. The Morgan fingerprint density at radius 3 is 2.80 bits per heavy atom. The number of imidazole rings is 1. The third kappa shape index (κ3) is 2.25. The molecular weight excluding hydrogens is 259 g/mol. The minimum Gasteiger partial charge on any atom is -0.477 e. The molecular formula is C15H11FN2O2. The van der Waals surface area contributed by atoms with Gasteiger partial charge in [-0.25, -0.2) is 14.2 Å². The summed E-state index contributed by atoms with van der Waals surface area (Å²) >= 11 is 0. The number of nitrogens with zero attached hydrogens (tertiary/aromatic N) is 2. The SMILES string of the molecule is O=C(O)c1cccc2nc(Cc3cccc(F)c3)cn12. The monoisotopic (exact) mass is 270 g/mol. The Morgan fingerprint density at radius 2 is 2.05 bits per heavy atom. The number of carboxylic acids is 1. The van der Waals surface area contributed by atoms with E-state index in [1.165, 1.54) is 22.6 Å². The molecule has 3 aromatic rings. The molecule has 0 radical (unpaired) electrons. The van der Waals surface area contributed by atoms with E-state index >= 15 is 0 Å². The molecule has 2 aromatic heterocycles. The van der Waals surface area contributed by atoms with E-state index in [1.54, 1.807) is 24.4 Å². The van der Waals surface area contributed by atoms with E-state index in [2.05, 4.69) is 4.98 Å². The largest absolute Gasteiger partial charge is 0.477 e. The van der Waals surface area contributed by atoms with Crippen molar-refractivity contribution in [3.05, 3.63) is 71.4 Å². The van der Waals surface area contributed by atoms with Gasteiger partial charge in [0.15, 0.2) is 0 Å². The number of aromatic carboxylic acids is 1. The minimum atomic E-state index is -1.01. The lowest BCUT2D eigenvalue weighted by atomic mass is 10.1. The van der Waals surface area contributed by atoms with Crippen molar-refractivity contribution in [3.63, 3.8) is 0 Å². The lowest BCUT2D eigenvalue weighted by molar-refractivity contribution is 0.0689. The quantitative estimate of drug-likeness (QED) is 0.796. The summed E-state index contributed by atoms with van der Waals surface area (Å²) in [6.07, 6.45) is 2.13. The average molecular weight is 270 g/mol. The lowest BCUT2D eigenvalue weighted by Crippen LogP contribution is -2.03. The number of hydrogen-bond acceptors (Lipinski definition) is 2. The number of carbonyl (C=O) groups is 1. The highest BCUT2D eigenvalue weighted by Crippen LogP contribution is 2.14. The smallest absolute Gasteiger partial charge is 0.352 e. The molecule has 0 atom stereocenters. The van der Waals surface area contributed by atoms with E-state index in [0.29, 0.717) is 17.8 Å². The number of aromatic nitrogens is 2. The normalized spacial score (nSPS) is 10.8. The van der Waals surface area contributed by atoms with Gasteiger partial charge in [0.2, 0.25) is 0 Å². The van der Waals surface area contributed by atoms with Crippen molar-refractivity contribution in [2.75, 3.05) is 0 Å². The Labute approximate surface area is 114 Å². The molecule has 2 heterocycles. The van der Waals surface area contributed by atoms with E-state index in [1.807, 2.05) is 6.07 Å². The van der Waals surface area contributed by atoms with Crippen molar-refractivity contribution in [1.82, 2.24) is 9.38 Å². The maximum atomic E-state index is 13.1. The Kier molecular flexibility index (Phi) is 2.95. The van der Waals surface area contributed by atoms with Crippen molar-refractivity contribution in [2.24, 2.45) is 0 Å². The molecule has 0 aliphatic carbocycles. The third-order valence-corrected chi connectivity index (χ3v) is 3.04. The molecule has 4 nitrogen and oxygen atoms in total. The molecule has 0 aliphatic heterocycles. The Balaban J connectivity index is 2.01. The number of halogens is 1. The lowest BCUT2D eigenvalue weighted by Gasteiger charge is -1.98. The second-order valence-electron chi connectivity index (χ2n) is 4.48. The van der Waals surface area contributed by atoms with Crippen LogP contribution in [0.3, 0.4) is 0 Å². The van der Waals surface area contributed by atoms with Gasteiger partial charge in [0.25, 0.3) is 0 Å². The highest BCUT2D eigenvalue weighted by Gasteiger charge is 2.10. The van der Waals surface area contributed by atoms with E-state index in [9.17, 15) is 9.18 Å². The fourth-order valence-electron chi connectivity index (χ4n) is 2.18. The van der Waals surface area contributed by atoms with E-state index in [0.717, 1.165) is 5.56 Å². The first-order chi connectivity index (χ1) is 9.63. The number of rotatable bonds is 3. The standard InChI is InChI=1S/C15H11FN2O2/c16-11-4-1-3-10(7-11)8-12-9-18-13(15(19)20)5-2-6-14(18)17-12/h1-7,9H,8H2,(H,19,20). The van der Waals surface area contributed by atoms with Crippen LogP contribution >= 0.6 is 0 Å². The molecule has 0 aliphatic rings. The second kappa shape index (κ2) is 4.77. The van der Waals surface area contributed by atoms with E-state index in [-0.39, 0.29) is 11.5 Å². The summed E-state index contributed by atoms with van der Waals surface area (Å²) in [4.78, 5) is 15.5. The van der Waals surface area contributed by atoms with Crippen molar-refractivity contribution in [3.8, 4) is 0 Å². The van der Waals surface area contributed by atoms with E-state index in [4.69, 9.17) is 5.11 Å². The summed E-state index contributed by atoms with van der Waals surface area (Å²) in [7, 11) is 0. The van der Waals surface area contributed by atoms with Crippen LogP contribution in [-0.2, 0) is 6.42 Å². The molecule has 0 saturated carbocycles. The van der Waals surface area contributed by atoms with Crippen LogP contribution < -0.4 is 0 Å². The van der Waals surface area contributed by atoms with Crippen molar-refractivity contribution in [2.45, 2.75) is 6.42 Å². The molecule has 3 rings (SSSR count). The van der Waals surface area contributed by atoms with Crippen LogP contribution in [0, 0.1) is 5.82 Å². The molecule has 0 spiro atoms. The molecule has 1 N–H and O–H groups in total. The molecule has 0 bridgehead atoms. The van der Waals surface area contributed by atoms with Crippen LogP contribution in [0.5, 0.6) is 0 Å². The predicted molar refractivity (Wildman–Crippen MR) is 71.4 cm³/mol. The van der Waals surface area contributed by atoms with Crippen LogP contribution in [0.15, 0.2) is 48.7 Å². The first-order valence-electron chi connectivity index (χ1n) is 6.08. The Morgan fingerprint density at radius 1 is 1.25 bits per heavy atom. The molecule has 0 saturated heterocycles. The van der Waals surface area contributed by atoms with Crippen LogP contribution in [0.25, 0.3) is 5.65 Å². The Hall–Kier alpha value is -2.69. The maximum Gasteiger partial charge on any atom is 0.352 e. The summed E-state index contributed by atoms with van der Waals surface area (Å²) in [5.74, 6) is -1.30. The number of benzene rings is 1. The van der Waals surface area contributed by atoms with Gasteiger partial charge in [0.1, 0.15) is 17.2 Å². The molecule has 5 heteroatoms. The molecule has 0 amide bonds. The topological polar surface area (TPSA) is 54.6 Å². The van der Waals surface area contributed by atoms with Gasteiger partial charge in [-0.3, -0.25) is 4.40 Å². The number of carboxylic acid groups (broad SMARTS) is 1. The van der Waals surface area contributed by atoms with Gasteiger partial charge < -0.3 is 5.11 Å².